The Kier molecular flexibility index (Phi) is 5.40. The van der Waals surface area contributed by atoms with Gasteiger partial charge in [0.1, 0.15) is 0 Å². The Balaban J connectivity index is 1.80. The minimum atomic E-state index is -0.237. The van der Waals surface area contributed by atoms with E-state index >= 15 is 0 Å². The van der Waals surface area contributed by atoms with Gasteiger partial charge >= 0.3 is 5.97 Å². The zero-order chi connectivity index (χ0) is 18.7. The van der Waals surface area contributed by atoms with Gasteiger partial charge in [-0.2, -0.15) is 5.10 Å². The van der Waals surface area contributed by atoms with Crippen LogP contribution in [0.3, 0.4) is 0 Å². The van der Waals surface area contributed by atoms with Crippen LogP contribution in [0.15, 0.2) is 30.5 Å². The smallest absolute Gasteiger partial charge is 0.310 e. The number of amides is 1. The summed E-state index contributed by atoms with van der Waals surface area (Å²) in [4.78, 5) is 26.8. The van der Waals surface area contributed by atoms with Crippen molar-refractivity contribution >= 4 is 11.9 Å². The van der Waals surface area contributed by atoms with Crippen LogP contribution in [0.25, 0.3) is 5.69 Å². The second kappa shape index (κ2) is 7.72. The zero-order valence-electron chi connectivity index (χ0n) is 15.6. The standard InChI is InChI=1S/C20H25N3O3/c1-4-26-20(25)16-9-7-11-22(13-16)19(24)17-12-21-23(15(17)3)18-10-6-5-8-14(18)2/h5-6,8,10,12,16H,4,7,9,11,13H2,1-3H3. The van der Waals surface area contributed by atoms with Gasteiger partial charge in [0.2, 0.25) is 0 Å². The fourth-order valence-electron chi connectivity index (χ4n) is 3.45. The summed E-state index contributed by atoms with van der Waals surface area (Å²) in [6.45, 7) is 7.15. The lowest BCUT2D eigenvalue weighted by atomic mass is 9.97. The highest BCUT2D eigenvalue weighted by Gasteiger charge is 2.31. The van der Waals surface area contributed by atoms with Crippen molar-refractivity contribution in [3.63, 3.8) is 0 Å². The Bertz CT molecular complexity index is 812. The molecule has 1 atom stereocenters. The molecule has 138 valence electrons. The molecule has 0 saturated carbocycles. The van der Waals surface area contributed by atoms with Crippen LogP contribution in [-0.2, 0) is 9.53 Å². The maximum absolute atomic E-state index is 13.0. The number of aryl methyl sites for hydroxylation is 1. The number of carbonyl (C=O) groups excluding carboxylic acids is 2. The van der Waals surface area contributed by atoms with Gasteiger partial charge in [-0.25, -0.2) is 4.68 Å². The largest absolute Gasteiger partial charge is 0.466 e. The molecule has 1 aromatic heterocycles. The lowest BCUT2D eigenvalue weighted by Gasteiger charge is -2.31. The Labute approximate surface area is 153 Å². The summed E-state index contributed by atoms with van der Waals surface area (Å²) in [6.07, 6.45) is 3.20. The first kappa shape index (κ1) is 18.2. The third-order valence-electron chi connectivity index (χ3n) is 4.91. The van der Waals surface area contributed by atoms with E-state index in [2.05, 4.69) is 5.10 Å². The highest BCUT2D eigenvalue weighted by Crippen LogP contribution is 2.23. The molecule has 6 nitrogen and oxygen atoms in total. The van der Waals surface area contributed by atoms with Gasteiger partial charge in [0, 0.05) is 13.1 Å². The van der Waals surface area contributed by atoms with Crippen molar-refractivity contribution in [3.05, 3.63) is 47.3 Å². The van der Waals surface area contributed by atoms with Gasteiger partial charge in [-0.3, -0.25) is 9.59 Å². The second-order valence-corrected chi connectivity index (χ2v) is 6.68. The molecule has 0 N–H and O–H groups in total. The van der Waals surface area contributed by atoms with Crippen molar-refractivity contribution in [2.75, 3.05) is 19.7 Å². The monoisotopic (exact) mass is 355 g/mol. The summed E-state index contributed by atoms with van der Waals surface area (Å²) in [5.41, 5.74) is 3.45. The normalized spacial score (nSPS) is 17.2. The van der Waals surface area contributed by atoms with Gasteiger partial charge < -0.3 is 9.64 Å². The third kappa shape index (κ3) is 3.49. The summed E-state index contributed by atoms with van der Waals surface area (Å²) in [5, 5.41) is 4.42. The number of ether oxygens (including phenoxy) is 1. The highest BCUT2D eigenvalue weighted by atomic mass is 16.5. The van der Waals surface area contributed by atoms with Crippen LogP contribution >= 0.6 is 0 Å². The molecule has 0 spiro atoms. The number of benzene rings is 1. The number of para-hydroxylation sites is 1. The van der Waals surface area contributed by atoms with Gasteiger partial charge in [-0.05, 0) is 45.2 Å². The summed E-state index contributed by atoms with van der Waals surface area (Å²) in [5.74, 6) is -0.520. The molecule has 1 saturated heterocycles. The molecule has 6 heteroatoms. The van der Waals surface area contributed by atoms with Gasteiger partial charge in [0.25, 0.3) is 5.91 Å². The molecular weight excluding hydrogens is 330 g/mol. The van der Waals surface area contributed by atoms with Crippen LogP contribution in [0, 0.1) is 19.8 Å². The van der Waals surface area contributed by atoms with Crippen LogP contribution < -0.4 is 0 Å². The highest BCUT2D eigenvalue weighted by molar-refractivity contribution is 5.95. The van der Waals surface area contributed by atoms with E-state index < -0.39 is 0 Å². The van der Waals surface area contributed by atoms with Crippen molar-refractivity contribution in [2.45, 2.75) is 33.6 Å². The van der Waals surface area contributed by atoms with Gasteiger partial charge in [0.05, 0.1) is 35.7 Å². The van der Waals surface area contributed by atoms with Crippen molar-refractivity contribution in [3.8, 4) is 5.69 Å². The Morgan fingerprint density at radius 1 is 1.27 bits per heavy atom. The maximum Gasteiger partial charge on any atom is 0.310 e. The SMILES string of the molecule is CCOC(=O)C1CCCN(C(=O)c2cnn(-c3ccccc3C)c2C)C1. The van der Waals surface area contributed by atoms with Crippen LogP contribution in [0.2, 0.25) is 0 Å². The van der Waals surface area contributed by atoms with E-state index in [1.807, 2.05) is 38.1 Å². The number of likely N-dealkylation sites (tertiary alicyclic amines) is 1. The molecule has 2 aromatic rings. The average molecular weight is 355 g/mol. The van der Waals surface area contributed by atoms with Gasteiger partial charge in [0.15, 0.2) is 0 Å². The number of carbonyl (C=O) groups is 2. The molecule has 1 fully saturated rings. The van der Waals surface area contributed by atoms with Crippen molar-refractivity contribution in [1.29, 1.82) is 0 Å². The lowest BCUT2D eigenvalue weighted by Crippen LogP contribution is -2.43. The molecule has 0 bridgehead atoms. The van der Waals surface area contributed by atoms with Gasteiger partial charge in [-0.15, -0.1) is 0 Å². The van der Waals surface area contributed by atoms with Crippen LogP contribution in [0.1, 0.15) is 41.4 Å². The van der Waals surface area contributed by atoms with Crippen molar-refractivity contribution in [1.82, 2.24) is 14.7 Å². The minimum Gasteiger partial charge on any atom is -0.466 e. The molecule has 2 heterocycles. The van der Waals surface area contributed by atoms with Crippen molar-refractivity contribution in [2.24, 2.45) is 5.92 Å². The average Bonchev–Trinajstić information content (AvgIpc) is 3.03. The quantitative estimate of drug-likeness (QED) is 0.791. The maximum atomic E-state index is 13.0. The lowest BCUT2D eigenvalue weighted by molar-refractivity contribution is -0.149. The molecule has 26 heavy (non-hydrogen) atoms. The molecule has 3 rings (SSSR count). The fourth-order valence-corrected chi connectivity index (χ4v) is 3.45. The second-order valence-electron chi connectivity index (χ2n) is 6.68. The predicted octanol–water partition coefficient (Wildman–Crippen LogP) is 2.90. The van der Waals surface area contributed by atoms with Gasteiger partial charge in [-0.1, -0.05) is 18.2 Å². The van der Waals surface area contributed by atoms with Crippen LogP contribution in [0.4, 0.5) is 0 Å². The van der Waals surface area contributed by atoms with E-state index in [9.17, 15) is 9.59 Å². The number of piperidine rings is 1. The number of rotatable bonds is 4. The zero-order valence-corrected chi connectivity index (χ0v) is 15.6. The van der Waals surface area contributed by atoms with E-state index in [-0.39, 0.29) is 17.8 Å². The molecule has 1 amide bonds. The molecular formula is C20H25N3O3. The molecule has 0 radical (unpaired) electrons. The molecule has 1 aromatic carbocycles. The summed E-state index contributed by atoms with van der Waals surface area (Å²) in [7, 11) is 0. The van der Waals surface area contributed by atoms with E-state index in [0.29, 0.717) is 25.3 Å². The summed E-state index contributed by atoms with van der Waals surface area (Å²) in [6, 6.07) is 7.94. The number of esters is 1. The predicted molar refractivity (Wildman–Crippen MR) is 98.3 cm³/mol. The fraction of sp³-hybridized carbons (Fsp3) is 0.450. The Morgan fingerprint density at radius 2 is 2.04 bits per heavy atom. The topological polar surface area (TPSA) is 64.4 Å². The van der Waals surface area contributed by atoms with E-state index in [1.54, 1.807) is 22.7 Å². The Hall–Kier alpha value is -2.63. The van der Waals surface area contributed by atoms with E-state index in [0.717, 1.165) is 29.8 Å². The third-order valence-corrected chi connectivity index (χ3v) is 4.91. The molecule has 1 unspecified atom stereocenters. The minimum absolute atomic E-state index is 0.0728. The summed E-state index contributed by atoms with van der Waals surface area (Å²) < 4.78 is 6.92. The Morgan fingerprint density at radius 3 is 2.77 bits per heavy atom. The van der Waals surface area contributed by atoms with E-state index in [1.165, 1.54) is 0 Å². The number of hydrogen-bond acceptors (Lipinski definition) is 4. The van der Waals surface area contributed by atoms with Crippen LogP contribution in [0.5, 0.6) is 0 Å². The van der Waals surface area contributed by atoms with Crippen molar-refractivity contribution < 1.29 is 14.3 Å². The van der Waals surface area contributed by atoms with Crippen LogP contribution in [-0.4, -0.2) is 46.3 Å². The van der Waals surface area contributed by atoms with E-state index in [4.69, 9.17) is 4.74 Å². The first-order valence-electron chi connectivity index (χ1n) is 9.09. The number of aromatic nitrogens is 2. The molecule has 0 aliphatic carbocycles. The summed E-state index contributed by atoms with van der Waals surface area (Å²) >= 11 is 0. The molecule has 1 aliphatic heterocycles. The first-order valence-corrected chi connectivity index (χ1v) is 9.09. The number of nitrogens with zero attached hydrogens (tertiary/aromatic N) is 3. The number of hydrogen-bond donors (Lipinski definition) is 0. The first-order chi connectivity index (χ1) is 12.5. The molecule has 1 aliphatic rings.